The van der Waals surface area contributed by atoms with Gasteiger partial charge in [-0.25, -0.2) is 4.79 Å². The van der Waals surface area contributed by atoms with Gasteiger partial charge in [0, 0.05) is 31.7 Å². The van der Waals surface area contributed by atoms with E-state index < -0.39 is 0 Å². The molecule has 1 aliphatic heterocycles. The second-order valence-corrected chi connectivity index (χ2v) is 6.83. The third-order valence-corrected chi connectivity index (χ3v) is 3.52. The summed E-state index contributed by atoms with van der Waals surface area (Å²) in [5.41, 5.74) is -0.254. The monoisotopic (exact) mass is 469 g/mol. The van der Waals surface area contributed by atoms with E-state index in [0.717, 1.165) is 12.8 Å². The van der Waals surface area contributed by atoms with Crippen molar-refractivity contribution in [2.75, 3.05) is 33.3 Å². The van der Waals surface area contributed by atoms with E-state index >= 15 is 0 Å². The smallest absolute Gasteiger partial charge is 0.409 e. The number of carbonyl (C=O) groups excluding carboxylic acids is 2. The maximum atomic E-state index is 11.8. The van der Waals surface area contributed by atoms with Crippen LogP contribution in [0.5, 0.6) is 0 Å². The summed E-state index contributed by atoms with van der Waals surface area (Å²) in [5, 5.41) is 9.20. The number of likely N-dealkylation sites (tertiary alicyclic amines) is 1. The lowest BCUT2D eigenvalue weighted by Crippen LogP contribution is -2.52. The third-order valence-electron chi connectivity index (χ3n) is 3.52. The first-order valence-corrected chi connectivity index (χ1v) is 8.45. The lowest BCUT2D eigenvalue weighted by atomic mass is 10.1. The molecule has 0 radical (unpaired) electrons. The molecule has 25 heavy (non-hydrogen) atoms. The topological polar surface area (TPSA) is 95.1 Å². The van der Waals surface area contributed by atoms with Crippen LogP contribution in [-0.4, -0.2) is 67.7 Å². The number of piperidine rings is 1. The van der Waals surface area contributed by atoms with Gasteiger partial charge in [-0.2, -0.15) is 0 Å². The van der Waals surface area contributed by atoms with Crippen LogP contribution < -0.4 is 16.0 Å². The van der Waals surface area contributed by atoms with E-state index in [0.29, 0.717) is 25.7 Å². The summed E-state index contributed by atoms with van der Waals surface area (Å²) in [6.07, 6.45) is 1.37. The van der Waals surface area contributed by atoms with E-state index in [1.54, 1.807) is 18.9 Å². The van der Waals surface area contributed by atoms with Gasteiger partial charge in [0.15, 0.2) is 5.96 Å². The van der Waals surface area contributed by atoms with Gasteiger partial charge in [0.25, 0.3) is 0 Å². The lowest BCUT2D eigenvalue weighted by Gasteiger charge is -2.32. The predicted octanol–water partition coefficient (Wildman–Crippen LogP) is 1.31. The van der Waals surface area contributed by atoms with Gasteiger partial charge >= 0.3 is 6.09 Å². The Morgan fingerprint density at radius 2 is 1.84 bits per heavy atom. The van der Waals surface area contributed by atoms with Gasteiger partial charge in [0.1, 0.15) is 0 Å². The summed E-state index contributed by atoms with van der Waals surface area (Å²) in [5.74, 6) is 0.510. The molecule has 0 aromatic carbocycles. The average molecular weight is 469 g/mol. The highest BCUT2D eigenvalue weighted by Crippen LogP contribution is 2.11. The van der Waals surface area contributed by atoms with E-state index in [1.807, 2.05) is 20.8 Å². The molecular weight excluding hydrogens is 437 g/mol. The lowest BCUT2D eigenvalue weighted by molar-refractivity contribution is -0.121. The summed E-state index contributed by atoms with van der Waals surface area (Å²) in [4.78, 5) is 29.4. The van der Waals surface area contributed by atoms with E-state index in [-0.39, 0.29) is 54.1 Å². The van der Waals surface area contributed by atoms with E-state index in [1.165, 1.54) is 0 Å². The number of ether oxygens (including phenoxy) is 1. The Morgan fingerprint density at radius 3 is 2.32 bits per heavy atom. The Morgan fingerprint density at radius 1 is 1.24 bits per heavy atom. The number of carbonyl (C=O) groups is 2. The number of nitrogens with one attached hydrogen (secondary N) is 3. The minimum absolute atomic E-state index is 0. The zero-order valence-electron chi connectivity index (χ0n) is 15.8. The first kappa shape index (κ1) is 23.7. The Balaban J connectivity index is 0.00000576. The predicted molar refractivity (Wildman–Crippen MR) is 109 cm³/mol. The molecule has 1 aliphatic rings. The second kappa shape index (κ2) is 11.4. The fourth-order valence-corrected chi connectivity index (χ4v) is 2.44. The SMILES string of the molecule is CCOC(=O)N1CCC(NC(=NC)NCC(=O)NC(C)(C)C)CC1.I. The maximum absolute atomic E-state index is 11.8. The van der Waals surface area contributed by atoms with Crippen molar-refractivity contribution in [2.45, 2.75) is 52.1 Å². The van der Waals surface area contributed by atoms with Crippen LogP contribution >= 0.6 is 24.0 Å². The van der Waals surface area contributed by atoms with Crippen molar-refractivity contribution in [2.24, 2.45) is 4.99 Å². The molecule has 0 aromatic heterocycles. The van der Waals surface area contributed by atoms with Gasteiger partial charge in [0.05, 0.1) is 13.2 Å². The number of halogens is 1. The van der Waals surface area contributed by atoms with E-state index in [4.69, 9.17) is 4.74 Å². The van der Waals surface area contributed by atoms with Crippen molar-refractivity contribution < 1.29 is 14.3 Å². The zero-order valence-corrected chi connectivity index (χ0v) is 18.2. The van der Waals surface area contributed by atoms with Gasteiger partial charge in [-0.15, -0.1) is 24.0 Å². The highest BCUT2D eigenvalue weighted by atomic mass is 127. The first-order chi connectivity index (χ1) is 11.2. The van der Waals surface area contributed by atoms with Crippen LogP contribution in [-0.2, 0) is 9.53 Å². The molecule has 8 nitrogen and oxygen atoms in total. The number of rotatable bonds is 4. The fourth-order valence-electron chi connectivity index (χ4n) is 2.44. The molecule has 0 aliphatic carbocycles. The molecule has 2 amide bonds. The minimum atomic E-state index is -0.254. The number of hydrogen-bond donors (Lipinski definition) is 3. The highest BCUT2D eigenvalue weighted by molar-refractivity contribution is 14.0. The van der Waals surface area contributed by atoms with Crippen molar-refractivity contribution in [1.29, 1.82) is 0 Å². The van der Waals surface area contributed by atoms with Crippen LogP contribution in [0.25, 0.3) is 0 Å². The molecule has 0 unspecified atom stereocenters. The van der Waals surface area contributed by atoms with Gasteiger partial charge in [-0.05, 0) is 40.5 Å². The molecule has 0 spiro atoms. The van der Waals surface area contributed by atoms with Crippen LogP contribution in [0, 0.1) is 0 Å². The van der Waals surface area contributed by atoms with Crippen LogP contribution in [0.3, 0.4) is 0 Å². The van der Waals surface area contributed by atoms with Crippen molar-refractivity contribution >= 4 is 41.9 Å². The van der Waals surface area contributed by atoms with Crippen LogP contribution in [0.1, 0.15) is 40.5 Å². The maximum Gasteiger partial charge on any atom is 0.409 e. The molecule has 0 atom stereocenters. The Labute approximate surface area is 167 Å². The molecule has 0 saturated carbocycles. The Bertz CT molecular complexity index is 457. The van der Waals surface area contributed by atoms with Gasteiger partial charge in [-0.1, -0.05) is 0 Å². The third kappa shape index (κ3) is 9.71. The van der Waals surface area contributed by atoms with Gasteiger partial charge in [-0.3, -0.25) is 9.79 Å². The molecule has 0 bridgehead atoms. The van der Waals surface area contributed by atoms with Crippen LogP contribution in [0.4, 0.5) is 4.79 Å². The average Bonchev–Trinajstić information content (AvgIpc) is 2.50. The van der Waals surface area contributed by atoms with Crippen molar-refractivity contribution in [3.05, 3.63) is 0 Å². The van der Waals surface area contributed by atoms with Crippen LogP contribution in [0.2, 0.25) is 0 Å². The van der Waals surface area contributed by atoms with Gasteiger partial charge < -0.3 is 25.6 Å². The minimum Gasteiger partial charge on any atom is -0.450 e. The van der Waals surface area contributed by atoms with Crippen molar-refractivity contribution in [1.82, 2.24) is 20.9 Å². The van der Waals surface area contributed by atoms with Crippen molar-refractivity contribution in [3.8, 4) is 0 Å². The number of guanidine groups is 1. The summed E-state index contributed by atoms with van der Waals surface area (Å²) in [6, 6.07) is 0.215. The number of hydrogen-bond acceptors (Lipinski definition) is 4. The molecular formula is C16H32IN5O3. The molecule has 1 heterocycles. The molecule has 1 fully saturated rings. The summed E-state index contributed by atoms with van der Waals surface area (Å²) in [6.45, 7) is 9.48. The summed E-state index contributed by atoms with van der Waals surface area (Å²) < 4.78 is 5.01. The summed E-state index contributed by atoms with van der Waals surface area (Å²) in [7, 11) is 1.67. The molecule has 1 saturated heterocycles. The largest absolute Gasteiger partial charge is 0.450 e. The normalized spacial score (nSPS) is 15.9. The Hall–Kier alpha value is -1.26. The first-order valence-electron chi connectivity index (χ1n) is 8.45. The second-order valence-electron chi connectivity index (χ2n) is 6.83. The highest BCUT2D eigenvalue weighted by Gasteiger charge is 2.24. The number of aliphatic imine (C=N–C) groups is 1. The van der Waals surface area contributed by atoms with Gasteiger partial charge in [0.2, 0.25) is 5.91 Å². The quantitative estimate of drug-likeness (QED) is 0.328. The molecule has 9 heteroatoms. The van der Waals surface area contributed by atoms with Crippen LogP contribution in [0.15, 0.2) is 4.99 Å². The zero-order chi connectivity index (χ0) is 18.2. The molecule has 146 valence electrons. The molecule has 0 aromatic rings. The molecule has 1 rings (SSSR count). The van der Waals surface area contributed by atoms with E-state index in [2.05, 4.69) is 20.9 Å². The Kier molecular flexibility index (Phi) is 10.8. The van der Waals surface area contributed by atoms with E-state index in [9.17, 15) is 9.59 Å². The number of nitrogens with zero attached hydrogens (tertiary/aromatic N) is 2. The number of amides is 2. The fraction of sp³-hybridized carbons (Fsp3) is 0.812. The standard InChI is InChI=1S/C16H31N5O3.HI/c1-6-24-15(23)21-9-7-12(8-10-21)19-14(17-5)18-11-13(22)20-16(2,3)4;/h12H,6-11H2,1-5H3,(H,20,22)(H2,17,18,19);1H. The van der Waals surface area contributed by atoms with Crippen molar-refractivity contribution in [3.63, 3.8) is 0 Å². The summed E-state index contributed by atoms with van der Waals surface area (Å²) >= 11 is 0. The molecule has 3 N–H and O–H groups in total.